The second-order valence-electron chi connectivity index (χ2n) is 4.45. The van der Waals surface area contributed by atoms with Crippen LogP contribution in [0.5, 0.6) is 5.75 Å². The van der Waals surface area contributed by atoms with Gasteiger partial charge in [0.15, 0.2) is 0 Å². The molecule has 2 atom stereocenters. The van der Waals surface area contributed by atoms with E-state index in [-0.39, 0.29) is 11.8 Å². The molecule has 1 aromatic rings. The molecule has 102 valence electrons. The minimum atomic E-state index is -4.64. The Morgan fingerprint density at radius 1 is 1.22 bits per heavy atom. The van der Waals surface area contributed by atoms with Gasteiger partial charge in [0, 0.05) is 6.04 Å². The zero-order valence-corrected chi connectivity index (χ0v) is 10.5. The Morgan fingerprint density at radius 3 is 2.22 bits per heavy atom. The zero-order chi connectivity index (χ0) is 13.8. The molecular weight excluding hydrogens is 243 g/mol. The van der Waals surface area contributed by atoms with Crippen molar-refractivity contribution in [3.8, 4) is 5.75 Å². The maximum atomic E-state index is 12.0. The molecule has 0 saturated heterocycles. The molecule has 0 saturated carbocycles. The molecule has 0 aromatic heterocycles. The smallest absolute Gasteiger partial charge is 0.406 e. The Labute approximate surface area is 105 Å². The highest BCUT2D eigenvalue weighted by Gasteiger charge is 2.30. The number of nitrogens with two attached hydrogens (primary N) is 1. The van der Waals surface area contributed by atoms with E-state index in [1.54, 1.807) is 12.1 Å². The van der Waals surface area contributed by atoms with Crippen molar-refractivity contribution in [2.24, 2.45) is 11.7 Å². The molecule has 0 radical (unpaired) electrons. The van der Waals surface area contributed by atoms with Crippen LogP contribution in [0.2, 0.25) is 0 Å². The predicted octanol–water partition coefficient (Wildman–Crippen LogP) is 3.50. The van der Waals surface area contributed by atoms with Gasteiger partial charge in [-0.1, -0.05) is 32.4 Å². The molecule has 0 aliphatic heterocycles. The van der Waals surface area contributed by atoms with Gasteiger partial charge in [-0.05, 0) is 30.0 Å². The molecule has 1 rings (SSSR count). The lowest BCUT2D eigenvalue weighted by Gasteiger charge is -2.18. The third-order valence-corrected chi connectivity index (χ3v) is 3.00. The van der Waals surface area contributed by atoms with Gasteiger partial charge in [0.2, 0.25) is 0 Å². The predicted molar refractivity (Wildman–Crippen MR) is 64.3 cm³/mol. The first-order valence-electron chi connectivity index (χ1n) is 5.92. The lowest BCUT2D eigenvalue weighted by Crippen LogP contribution is -2.30. The second-order valence-corrected chi connectivity index (χ2v) is 4.45. The lowest BCUT2D eigenvalue weighted by atomic mass is 9.94. The van der Waals surface area contributed by atoms with Crippen molar-refractivity contribution >= 4 is 0 Å². The van der Waals surface area contributed by atoms with Crippen LogP contribution in [0.25, 0.3) is 0 Å². The van der Waals surface area contributed by atoms with E-state index in [1.807, 2.05) is 0 Å². The minimum absolute atomic E-state index is 0.0179. The van der Waals surface area contributed by atoms with E-state index in [1.165, 1.54) is 12.1 Å². The van der Waals surface area contributed by atoms with E-state index in [4.69, 9.17) is 5.73 Å². The van der Waals surface area contributed by atoms with Gasteiger partial charge in [0.1, 0.15) is 5.75 Å². The van der Waals surface area contributed by atoms with Crippen LogP contribution in [0.1, 0.15) is 25.8 Å². The number of benzene rings is 1. The summed E-state index contributed by atoms with van der Waals surface area (Å²) in [5, 5.41) is 0. The van der Waals surface area contributed by atoms with Gasteiger partial charge in [0.05, 0.1) is 0 Å². The summed E-state index contributed by atoms with van der Waals surface area (Å²) in [6, 6.07) is 5.87. The average molecular weight is 261 g/mol. The van der Waals surface area contributed by atoms with Gasteiger partial charge in [-0.25, -0.2) is 0 Å². The molecule has 0 heterocycles. The van der Waals surface area contributed by atoms with Crippen molar-refractivity contribution in [1.82, 2.24) is 0 Å². The van der Waals surface area contributed by atoms with Crippen LogP contribution < -0.4 is 10.5 Å². The zero-order valence-electron chi connectivity index (χ0n) is 10.5. The summed E-state index contributed by atoms with van der Waals surface area (Å²) in [6.07, 6.45) is -3.01. The number of alkyl halides is 3. The van der Waals surface area contributed by atoms with Crippen LogP contribution in [-0.4, -0.2) is 12.4 Å². The Hall–Kier alpha value is -1.23. The Bertz CT molecular complexity index is 361. The molecule has 2 nitrogen and oxygen atoms in total. The van der Waals surface area contributed by atoms with Crippen molar-refractivity contribution < 1.29 is 17.9 Å². The molecule has 5 heteroatoms. The van der Waals surface area contributed by atoms with Crippen molar-refractivity contribution in [2.45, 2.75) is 39.1 Å². The monoisotopic (exact) mass is 261 g/mol. The summed E-state index contributed by atoms with van der Waals surface area (Å²) in [4.78, 5) is 0. The first kappa shape index (κ1) is 14.8. The summed E-state index contributed by atoms with van der Waals surface area (Å²) < 4.78 is 39.7. The molecule has 0 fully saturated rings. The molecule has 1 aromatic carbocycles. The summed E-state index contributed by atoms with van der Waals surface area (Å²) in [5.74, 6) is 0.180. The molecule has 0 aliphatic carbocycles. The number of hydrogen-bond donors (Lipinski definition) is 1. The van der Waals surface area contributed by atoms with Crippen molar-refractivity contribution in [1.29, 1.82) is 0 Å². The first-order chi connectivity index (χ1) is 8.31. The number of hydrogen-bond acceptors (Lipinski definition) is 2. The minimum Gasteiger partial charge on any atom is -0.406 e. The van der Waals surface area contributed by atoms with Crippen LogP contribution in [-0.2, 0) is 6.42 Å². The van der Waals surface area contributed by atoms with Crippen molar-refractivity contribution in [3.63, 3.8) is 0 Å². The summed E-state index contributed by atoms with van der Waals surface area (Å²) in [5.41, 5.74) is 6.90. The highest BCUT2D eigenvalue weighted by Crippen LogP contribution is 2.23. The number of rotatable bonds is 5. The van der Waals surface area contributed by atoms with E-state index in [9.17, 15) is 13.2 Å². The van der Waals surface area contributed by atoms with Gasteiger partial charge in [0.25, 0.3) is 0 Å². The topological polar surface area (TPSA) is 35.2 Å². The summed E-state index contributed by atoms with van der Waals surface area (Å²) in [7, 11) is 0. The number of halogens is 3. The summed E-state index contributed by atoms with van der Waals surface area (Å²) in [6.45, 7) is 4.12. The van der Waals surface area contributed by atoms with Crippen molar-refractivity contribution in [2.75, 3.05) is 0 Å². The molecule has 0 amide bonds. The Kier molecular flexibility index (Phi) is 5.02. The molecular formula is C13H18F3NO. The maximum absolute atomic E-state index is 12.0. The molecule has 2 unspecified atom stereocenters. The van der Waals surface area contributed by atoms with Gasteiger partial charge in [-0.15, -0.1) is 13.2 Å². The van der Waals surface area contributed by atoms with E-state index >= 15 is 0 Å². The third kappa shape index (κ3) is 4.96. The summed E-state index contributed by atoms with van der Waals surface area (Å²) >= 11 is 0. The van der Waals surface area contributed by atoms with E-state index < -0.39 is 6.36 Å². The van der Waals surface area contributed by atoms with Crippen LogP contribution >= 0.6 is 0 Å². The Balaban J connectivity index is 2.60. The van der Waals surface area contributed by atoms with Gasteiger partial charge >= 0.3 is 6.36 Å². The van der Waals surface area contributed by atoms with Crippen LogP contribution in [0.4, 0.5) is 13.2 Å². The lowest BCUT2D eigenvalue weighted by molar-refractivity contribution is -0.274. The quantitative estimate of drug-likeness (QED) is 0.880. The highest BCUT2D eigenvalue weighted by molar-refractivity contribution is 5.28. The second kappa shape index (κ2) is 6.09. The van der Waals surface area contributed by atoms with Gasteiger partial charge in [-0.2, -0.15) is 0 Å². The van der Waals surface area contributed by atoms with E-state index in [0.717, 1.165) is 12.0 Å². The largest absolute Gasteiger partial charge is 0.573 e. The normalized spacial score (nSPS) is 15.2. The first-order valence-corrected chi connectivity index (χ1v) is 5.92. The standard InChI is InChI=1S/C13H18F3NO/c1-3-9(2)12(17)8-10-4-6-11(7-5-10)18-13(14,15)16/h4-7,9,12H,3,8,17H2,1-2H3. The fourth-order valence-corrected chi connectivity index (χ4v) is 1.60. The molecule has 18 heavy (non-hydrogen) atoms. The SMILES string of the molecule is CCC(C)C(N)Cc1ccc(OC(F)(F)F)cc1. The molecule has 0 bridgehead atoms. The fourth-order valence-electron chi connectivity index (χ4n) is 1.60. The van der Waals surface area contributed by atoms with Gasteiger partial charge in [-0.3, -0.25) is 0 Å². The van der Waals surface area contributed by atoms with Crippen LogP contribution in [0.3, 0.4) is 0 Å². The van der Waals surface area contributed by atoms with E-state index in [2.05, 4.69) is 18.6 Å². The molecule has 0 aliphatic rings. The Morgan fingerprint density at radius 2 is 1.78 bits per heavy atom. The van der Waals surface area contributed by atoms with E-state index in [0.29, 0.717) is 12.3 Å². The maximum Gasteiger partial charge on any atom is 0.573 e. The third-order valence-electron chi connectivity index (χ3n) is 3.00. The van der Waals surface area contributed by atoms with Crippen LogP contribution in [0.15, 0.2) is 24.3 Å². The highest BCUT2D eigenvalue weighted by atomic mass is 19.4. The molecule has 0 spiro atoms. The number of ether oxygens (including phenoxy) is 1. The average Bonchev–Trinajstić information content (AvgIpc) is 2.28. The van der Waals surface area contributed by atoms with Gasteiger partial charge < -0.3 is 10.5 Å². The fraction of sp³-hybridized carbons (Fsp3) is 0.538. The van der Waals surface area contributed by atoms with Crippen LogP contribution in [0, 0.1) is 5.92 Å². The van der Waals surface area contributed by atoms with Crippen molar-refractivity contribution in [3.05, 3.63) is 29.8 Å². The molecule has 2 N–H and O–H groups in total.